The minimum atomic E-state index is -1.16. The van der Waals surface area contributed by atoms with E-state index in [2.05, 4.69) is 24.5 Å². The average molecular weight is 784 g/mol. The molecule has 322 valence electrons. The van der Waals surface area contributed by atoms with Crippen LogP contribution < -0.4 is 10.6 Å². The molecule has 1 aromatic carbocycles. The molecule has 56 heavy (non-hydrogen) atoms. The summed E-state index contributed by atoms with van der Waals surface area (Å²) in [5, 5.41) is 15.6. The van der Waals surface area contributed by atoms with E-state index in [4.69, 9.17) is 0 Å². The number of nitrogens with zero attached hydrogens (tertiary/aromatic N) is 1. The first-order chi connectivity index (χ1) is 27.4. The highest BCUT2D eigenvalue weighted by molar-refractivity contribution is 6.04. The van der Waals surface area contributed by atoms with E-state index in [9.17, 15) is 24.3 Å². The van der Waals surface area contributed by atoms with Crippen LogP contribution >= 0.6 is 0 Å². The van der Waals surface area contributed by atoms with Gasteiger partial charge in [-0.15, -0.1) is 0 Å². The van der Waals surface area contributed by atoms with Crippen molar-refractivity contribution in [1.29, 1.82) is 0 Å². The highest BCUT2D eigenvalue weighted by atomic mass is 16.4. The molecule has 0 fully saturated rings. The summed E-state index contributed by atoms with van der Waals surface area (Å²) in [5.74, 6) is -1.65. The first-order valence-corrected chi connectivity index (χ1v) is 23.6. The van der Waals surface area contributed by atoms with Crippen LogP contribution in [-0.2, 0) is 9.59 Å². The zero-order valence-corrected chi connectivity index (χ0v) is 36.3. The molecule has 3 amide bonds. The van der Waals surface area contributed by atoms with E-state index in [0.29, 0.717) is 12.8 Å². The molecule has 0 radical (unpaired) electrons. The van der Waals surface area contributed by atoms with Crippen LogP contribution in [0.2, 0.25) is 0 Å². The molecule has 0 bridgehead atoms. The highest BCUT2D eigenvalue weighted by Crippen LogP contribution is 2.16. The fourth-order valence-electron chi connectivity index (χ4n) is 7.49. The number of amides is 3. The molecular formula is C48H85N3O5. The van der Waals surface area contributed by atoms with Gasteiger partial charge in [0, 0.05) is 39.0 Å². The monoisotopic (exact) mass is 784 g/mol. The predicted molar refractivity (Wildman–Crippen MR) is 234 cm³/mol. The standard InChI is InChI=1S/C48H85N3O5/c1-3-5-7-9-11-13-15-17-19-21-23-25-27-29-31-37-45(52)49-39-41-51(47(54)43-35-33-34-36-44(43)48(55)56)42-40-50-46(53)38-32-30-28-26-24-22-20-18-16-14-12-10-8-6-4-2/h33-36H,3-32,37-42H2,1-2H3,(H,49,52)(H,50,53)(H,55,56). The lowest BCUT2D eigenvalue weighted by molar-refractivity contribution is -0.121. The van der Waals surface area contributed by atoms with Crippen LogP contribution in [0.25, 0.3) is 0 Å². The molecule has 0 aromatic heterocycles. The molecule has 0 aliphatic rings. The van der Waals surface area contributed by atoms with Gasteiger partial charge in [-0.2, -0.15) is 0 Å². The van der Waals surface area contributed by atoms with E-state index in [1.54, 1.807) is 12.1 Å². The molecule has 8 nitrogen and oxygen atoms in total. The zero-order chi connectivity index (χ0) is 40.7. The zero-order valence-electron chi connectivity index (χ0n) is 36.3. The number of benzene rings is 1. The van der Waals surface area contributed by atoms with E-state index in [1.165, 1.54) is 171 Å². The molecule has 3 N–H and O–H groups in total. The summed E-state index contributed by atoms with van der Waals surface area (Å²) < 4.78 is 0. The van der Waals surface area contributed by atoms with Crippen LogP contribution in [0.5, 0.6) is 0 Å². The van der Waals surface area contributed by atoms with E-state index in [1.807, 2.05) is 0 Å². The molecule has 0 atom stereocenters. The van der Waals surface area contributed by atoms with Crippen molar-refractivity contribution in [2.24, 2.45) is 0 Å². The molecule has 0 unspecified atom stereocenters. The van der Waals surface area contributed by atoms with Gasteiger partial charge in [0.2, 0.25) is 11.8 Å². The summed E-state index contributed by atoms with van der Waals surface area (Å²) in [6.07, 6.45) is 39.3. The van der Waals surface area contributed by atoms with E-state index in [-0.39, 0.29) is 49.1 Å². The average Bonchev–Trinajstić information content (AvgIpc) is 3.19. The largest absolute Gasteiger partial charge is 0.478 e. The SMILES string of the molecule is CCCCCCCCCCCCCCCCCC(=O)NCCN(CCNC(=O)CCCCCCCCCCCCCCCCC)C(=O)c1ccccc1C(=O)O. The van der Waals surface area contributed by atoms with E-state index >= 15 is 0 Å². The van der Waals surface area contributed by atoms with E-state index < -0.39 is 11.9 Å². The van der Waals surface area contributed by atoms with Crippen molar-refractivity contribution in [3.8, 4) is 0 Å². The maximum absolute atomic E-state index is 13.5. The number of unbranched alkanes of at least 4 members (excludes halogenated alkanes) is 28. The van der Waals surface area contributed by atoms with Crippen molar-refractivity contribution in [2.45, 2.75) is 219 Å². The van der Waals surface area contributed by atoms with Gasteiger partial charge in [0.1, 0.15) is 0 Å². The number of carboxylic acid groups (broad SMARTS) is 1. The van der Waals surface area contributed by atoms with Gasteiger partial charge >= 0.3 is 5.97 Å². The lowest BCUT2D eigenvalue weighted by Crippen LogP contribution is -2.43. The quantitative estimate of drug-likeness (QED) is 0.0573. The number of carboxylic acids is 1. The van der Waals surface area contributed by atoms with Gasteiger partial charge in [-0.1, -0.05) is 206 Å². The first-order valence-electron chi connectivity index (χ1n) is 23.6. The fraction of sp³-hybridized carbons (Fsp3) is 0.792. The van der Waals surface area contributed by atoms with Gasteiger partial charge in [0.25, 0.3) is 5.91 Å². The molecule has 0 saturated carbocycles. The van der Waals surface area contributed by atoms with Crippen LogP contribution in [0.1, 0.15) is 240 Å². The maximum Gasteiger partial charge on any atom is 0.336 e. The normalized spacial score (nSPS) is 11.1. The van der Waals surface area contributed by atoms with Crippen molar-refractivity contribution in [3.63, 3.8) is 0 Å². The molecule has 0 heterocycles. The Morgan fingerprint density at radius 3 is 1.04 bits per heavy atom. The van der Waals surface area contributed by atoms with Crippen LogP contribution in [0.4, 0.5) is 0 Å². The summed E-state index contributed by atoms with van der Waals surface area (Å²) in [6.45, 7) is 5.53. The fourth-order valence-corrected chi connectivity index (χ4v) is 7.49. The molecule has 1 aromatic rings. The van der Waals surface area contributed by atoms with Crippen molar-refractivity contribution in [3.05, 3.63) is 35.4 Å². The Kier molecular flexibility index (Phi) is 34.4. The van der Waals surface area contributed by atoms with Crippen molar-refractivity contribution in [2.75, 3.05) is 26.2 Å². The molecule has 0 spiro atoms. The molecule has 0 saturated heterocycles. The van der Waals surface area contributed by atoms with Crippen LogP contribution in [-0.4, -0.2) is 59.9 Å². The third-order valence-corrected chi connectivity index (χ3v) is 11.1. The maximum atomic E-state index is 13.5. The molecular weight excluding hydrogens is 699 g/mol. The Morgan fingerprint density at radius 2 is 0.732 bits per heavy atom. The van der Waals surface area contributed by atoms with Crippen LogP contribution in [0.15, 0.2) is 24.3 Å². The van der Waals surface area contributed by atoms with E-state index in [0.717, 1.165) is 38.5 Å². The highest BCUT2D eigenvalue weighted by Gasteiger charge is 2.21. The number of hydrogen-bond acceptors (Lipinski definition) is 4. The smallest absolute Gasteiger partial charge is 0.336 e. The summed E-state index contributed by atoms with van der Waals surface area (Å²) in [5.41, 5.74) is 0.0465. The topological polar surface area (TPSA) is 116 Å². The summed E-state index contributed by atoms with van der Waals surface area (Å²) >= 11 is 0. The van der Waals surface area contributed by atoms with Crippen molar-refractivity contribution < 1.29 is 24.3 Å². The van der Waals surface area contributed by atoms with Gasteiger partial charge in [-0.05, 0) is 25.0 Å². The van der Waals surface area contributed by atoms with Crippen LogP contribution in [0, 0.1) is 0 Å². The van der Waals surface area contributed by atoms with Crippen molar-refractivity contribution >= 4 is 23.7 Å². The number of rotatable bonds is 40. The predicted octanol–water partition coefficient (Wildman–Crippen LogP) is 12.6. The molecule has 8 heteroatoms. The minimum absolute atomic E-state index is 0.0326. The Labute approximate surface area is 343 Å². The van der Waals surface area contributed by atoms with Gasteiger partial charge in [-0.3, -0.25) is 14.4 Å². The Balaban J connectivity index is 2.26. The third kappa shape index (κ3) is 29.4. The molecule has 0 aliphatic heterocycles. The number of hydrogen-bond donors (Lipinski definition) is 3. The number of aromatic carboxylic acids is 1. The Morgan fingerprint density at radius 1 is 0.446 bits per heavy atom. The second kappa shape index (κ2) is 37.7. The molecule has 0 aliphatic carbocycles. The Bertz CT molecular complexity index is 1070. The first kappa shape index (κ1) is 51.1. The van der Waals surface area contributed by atoms with Gasteiger partial charge in [0.05, 0.1) is 11.1 Å². The second-order valence-electron chi connectivity index (χ2n) is 16.2. The summed E-state index contributed by atoms with van der Waals surface area (Å²) in [4.78, 5) is 52.0. The lowest BCUT2D eigenvalue weighted by atomic mass is 10.0. The van der Waals surface area contributed by atoms with Gasteiger partial charge in [-0.25, -0.2) is 4.79 Å². The van der Waals surface area contributed by atoms with Crippen LogP contribution in [0.3, 0.4) is 0 Å². The Hall–Kier alpha value is -2.90. The summed E-state index contributed by atoms with van der Waals surface area (Å²) in [6, 6.07) is 6.19. The third-order valence-electron chi connectivity index (χ3n) is 11.1. The second-order valence-corrected chi connectivity index (χ2v) is 16.2. The van der Waals surface area contributed by atoms with Gasteiger partial charge in [0.15, 0.2) is 0 Å². The minimum Gasteiger partial charge on any atom is -0.478 e. The summed E-state index contributed by atoms with van der Waals surface area (Å²) in [7, 11) is 0. The number of carbonyl (C=O) groups is 4. The lowest BCUT2D eigenvalue weighted by Gasteiger charge is -2.24. The van der Waals surface area contributed by atoms with Crippen molar-refractivity contribution in [1.82, 2.24) is 15.5 Å². The molecule has 1 rings (SSSR count). The number of nitrogens with one attached hydrogen (secondary N) is 2. The van der Waals surface area contributed by atoms with Gasteiger partial charge < -0.3 is 20.6 Å². The number of carbonyl (C=O) groups excluding carboxylic acids is 3.